The zero-order chi connectivity index (χ0) is 30.6. The minimum Gasteiger partial charge on any atom is -0.496 e. The van der Waals surface area contributed by atoms with Crippen molar-refractivity contribution in [2.45, 2.75) is 33.6 Å². The van der Waals surface area contributed by atoms with Crippen LogP contribution in [0.3, 0.4) is 0 Å². The Bertz CT molecular complexity index is 1570. The number of ketones is 1. The average Bonchev–Trinajstić information content (AvgIpc) is 3.47. The van der Waals surface area contributed by atoms with E-state index in [-0.39, 0.29) is 41.8 Å². The van der Waals surface area contributed by atoms with E-state index in [4.69, 9.17) is 14.0 Å². The van der Waals surface area contributed by atoms with E-state index in [1.54, 1.807) is 37.3 Å². The lowest BCUT2D eigenvalue weighted by molar-refractivity contribution is -0.113. The van der Waals surface area contributed by atoms with Crippen LogP contribution in [-0.2, 0) is 4.79 Å². The monoisotopic (exact) mass is 578 g/mol. The molecule has 0 bridgehead atoms. The number of hydrogen-bond donors (Lipinski definition) is 0. The third-order valence-corrected chi connectivity index (χ3v) is 8.32. The molecule has 5 rings (SSSR count). The van der Waals surface area contributed by atoms with Gasteiger partial charge in [0.2, 0.25) is 0 Å². The standard InChI is InChI=1S/C36H38N2O5/c1-24-11-10-18-36(2,3)30(24)17-16-29-21-31(37-43-29)35(40)38-22-27(19-25-12-6-8-14-32(25)41-4)34(39)28(23-38)20-26-13-7-9-15-33(26)42-5/h6-9,11-17,19-21,30H,10,18,22-23H2,1-5H3/b17-16+,27-19+,28-20+. The topological polar surface area (TPSA) is 81.9 Å². The molecule has 7 nitrogen and oxygen atoms in total. The molecule has 1 amide bonds. The van der Waals surface area contributed by atoms with Gasteiger partial charge in [0.25, 0.3) is 5.91 Å². The summed E-state index contributed by atoms with van der Waals surface area (Å²) in [6, 6.07) is 16.6. The molecule has 1 saturated heterocycles. The quantitative estimate of drug-likeness (QED) is 0.217. The van der Waals surface area contributed by atoms with E-state index in [1.165, 1.54) is 5.57 Å². The SMILES string of the molecule is COc1ccccc1/C=C1\CN(C(=O)c2cc(/C=C/C3C(C)=CCCC3(C)C)on2)C/C(=C\c2ccccc2OC)C1=O. The summed E-state index contributed by atoms with van der Waals surface area (Å²) >= 11 is 0. The van der Waals surface area contributed by atoms with Crippen LogP contribution in [0.4, 0.5) is 0 Å². The summed E-state index contributed by atoms with van der Waals surface area (Å²) in [4.78, 5) is 29.1. The number of methoxy groups -OCH3 is 2. The van der Waals surface area contributed by atoms with Gasteiger partial charge in [-0.3, -0.25) is 9.59 Å². The maximum Gasteiger partial charge on any atom is 0.276 e. The number of likely N-dealkylation sites (tertiary alicyclic amines) is 1. The molecule has 2 aliphatic rings. The number of benzene rings is 2. The van der Waals surface area contributed by atoms with Crippen LogP contribution in [0.5, 0.6) is 11.5 Å². The van der Waals surface area contributed by atoms with Crippen molar-refractivity contribution in [1.29, 1.82) is 0 Å². The summed E-state index contributed by atoms with van der Waals surface area (Å²) in [5.74, 6) is 1.62. The number of rotatable bonds is 7. The van der Waals surface area contributed by atoms with Crippen molar-refractivity contribution in [3.8, 4) is 11.5 Å². The molecule has 43 heavy (non-hydrogen) atoms. The smallest absolute Gasteiger partial charge is 0.276 e. The number of aromatic nitrogens is 1. The number of hydrogen-bond acceptors (Lipinski definition) is 6. The summed E-state index contributed by atoms with van der Waals surface area (Å²) in [5.41, 5.74) is 4.11. The molecular formula is C36H38N2O5. The van der Waals surface area contributed by atoms with E-state index in [0.29, 0.717) is 28.4 Å². The summed E-state index contributed by atoms with van der Waals surface area (Å²) in [7, 11) is 3.18. The maximum atomic E-state index is 13.8. The molecule has 222 valence electrons. The van der Waals surface area contributed by atoms with Gasteiger partial charge >= 0.3 is 0 Å². The Kier molecular flexibility index (Phi) is 8.81. The van der Waals surface area contributed by atoms with E-state index in [2.05, 4.69) is 38.1 Å². The van der Waals surface area contributed by atoms with E-state index < -0.39 is 0 Å². The Hall–Kier alpha value is -4.65. The highest BCUT2D eigenvalue weighted by Crippen LogP contribution is 2.42. The predicted octanol–water partition coefficient (Wildman–Crippen LogP) is 7.28. The minimum atomic E-state index is -0.318. The summed E-state index contributed by atoms with van der Waals surface area (Å²) in [5, 5.41) is 4.11. The van der Waals surface area contributed by atoms with Gasteiger partial charge < -0.3 is 18.9 Å². The van der Waals surface area contributed by atoms with Gasteiger partial charge in [0.15, 0.2) is 17.2 Å². The molecule has 1 unspecified atom stereocenters. The summed E-state index contributed by atoms with van der Waals surface area (Å²) in [6.07, 6.45) is 12.1. The van der Waals surface area contributed by atoms with Gasteiger partial charge in [-0.05, 0) is 55.5 Å². The second-order valence-electron chi connectivity index (χ2n) is 11.7. The Morgan fingerprint density at radius 3 is 2.12 bits per heavy atom. The van der Waals surface area contributed by atoms with Crippen LogP contribution in [-0.4, -0.2) is 49.1 Å². The third kappa shape index (κ3) is 6.56. The van der Waals surface area contributed by atoms with Gasteiger partial charge in [0.1, 0.15) is 11.5 Å². The van der Waals surface area contributed by atoms with Crippen LogP contribution in [0, 0.1) is 11.3 Å². The van der Waals surface area contributed by atoms with Crippen molar-refractivity contribution in [2.75, 3.05) is 27.3 Å². The van der Waals surface area contributed by atoms with Crippen LogP contribution in [0.25, 0.3) is 18.2 Å². The third-order valence-electron chi connectivity index (χ3n) is 8.32. The van der Waals surface area contributed by atoms with Crippen molar-refractivity contribution in [2.24, 2.45) is 11.3 Å². The van der Waals surface area contributed by atoms with Gasteiger partial charge in [-0.2, -0.15) is 0 Å². The normalized spacial score (nSPS) is 20.5. The molecule has 2 heterocycles. The number of ether oxygens (including phenoxy) is 2. The number of piperidine rings is 1. The number of allylic oxidation sites excluding steroid dienone is 3. The molecule has 1 aliphatic carbocycles. The molecule has 0 N–H and O–H groups in total. The molecule has 2 aromatic carbocycles. The Morgan fingerprint density at radius 2 is 1.56 bits per heavy atom. The van der Waals surface area contributed by atoms with Crippen molar-refractivity contribution in [3.63, 3.8) is 0 Å². The maximum absolute atomic E-state index is 13.8. The highest BCUT2D eigenvalue weighted by molar-refractivity contribution is 6.16. The van der Waals surface area contributed by atoms with E-state index >= 15 is 0 Å². The Labute approximate surface area is 253 Å². The number of carbonyl (C=O) groups is 2. The molecule has 0 radical (unpaired) electrons. The molecule has 1 aromatic heterocycles. The van der Waals surface area contributed by atoms with Crippen LogP contribution in [0.1, 0.15) is 61.0 Å². The molecular weight excluding hydrogens is 540 g/mol. The molecule has 1 fully saturated rings. The van der Waals surface area contributed by atoms with Crippen molar-refractivity contribution >= 4 is 29.9 Å². The Morgan fingerprint density at radius 1 is 0.977 bits per heavy atom. The molecule has 1 atom stereocenters. The lowest BCUT2D eigenvalue weighted by atomic mass is 9.68. The van der Waals surface area contributed by atoms with Gasteiger partial charge in [-0.25, -0.2) is 0 Å². The zero-order valence-electron chi connectivity index (χ0n) is 25.4. The number of Topliss-reactive ketones (excluding diaryl/α,β-unsaturated/α-hetero) is 1. The largest absolute Gasteiger partial charge is 0.496 e. The second-order valence-corrected chi connectivity index (χ2v) is 11.7. The van der Waals surface area contributed by atoms with Crippen molar-refractivity contribution < 1.29 is 23.6 Å². The van der Waals surface area contributed by atoms with Gasteiger partial charge in [0, 0.05) is 34.3 Å². The first-order valence-electron chi connectivity index (χ1n) is 14.5. The highest BCUT2D eigenvalue weighted by atomic mass is 16.5. The number of para-hydroxylation sites is 2. The number of amides is 1. The average molecular weight is 579 g/mol. The van der Waals surface area contributed by atoms with Gasteiger partial charge in [-0.15, -0.1) is 0 Å². The predicted molar refractivity (Wildman–Crippen MR) is 169 cm³/mol. The first kappa shape index (κ1) is 29.8. The molecule has 0 saturated carbocycles. The lowest BCUT2D eigenvalue weighted by Gasteiger charge is -2.36. The second kappa shape index (κ2) is 12.7. The first-order valence-corrected chi connectivity index (χ1v) is 14.5. The van der Waals surface area contributed by atoms with E-state index in [9.17, 15) is 9.59 Å². The number of nitrogens with zero attached hydrogens (tertiary/aromatic N) is 2. The fourth-order valence-electron chi connectivity index (χ4n) is 5.93. The highest BCUT2D eigenvalue weighted by Gasteiger charge is 2.32. The van der Waals surface area contributed by atoms with Crippen LogP contribution >= 0.6 is 0 Å². The molecule has 1 aliphatic heterocycles. The zero-order valence-corrected chi connectivity index (χ0v) is 25.4. The minimum absolute atomic E-state index is 0.122. The van der Waals surface area contributed by atoms with Crippen LogP contribution in [0.15, 0.2) is 88.0 Å². The van der Waals surface area contributed by atoms with Crippen LogP contribution < -0.4 is 9.47 Å². The van der Waals surface area contributed by atoms with Crippen molar-refractivity contribution in [1.82, 2.24) is 10.1 Å². The fraction of sp³-hybridized carbons (Fsp3) is 0.306. The molecule has 0 spiro atoms. The summed E-state index contributed by atoms with van der Waals surface area (Å²) in [6.45, 7) is 6.96. The van der Waals surface area contributed by atoms with E-state index in [0.717, 1.165) is 24.0 Å². The number of carbonyl (C=O) groups excluding carboxylic acids is 2. The van der Waals surface area contributed by atoms with Gasteiger partial charge in [-0.1, -0.05) is 73.1 Å². The summed E-state index contributed by atoms with van der Waals surface area (Å²) < 4.78 is 16.6. The molecule has 3 aromatic rings. The molecule has 7 heteroatoms. The van der Waals surface area contributed by atoms with Crippen molar-refractivity contribution in [3.05, 3.63) is 106 Å². The van der Waals surface area contributed by atoms with E-state index in [1.807, 2.05) is 54.6 Å². The first-order chi connectivity index (χ1) is 20.7. The van der Waals surface area contributed by atoms with Crippen LogP contribution in [0.2, 0.25) is 0 Å². The Balaban J connectivity index is 1.46. The van der Waals surface area contributed by atoms with Gasteiger partial charge in [0.05, 0.1) is 27.3 Å². The lowest BCUT2D eigenvalue weighted by Crippen LogP contribution is -2.41. The fourth-order valence-corrected chi connectivity index (χ4v) is 5.93.